The van der Waals surface area contributed by atoms with Crippen molar-refractivity contribution in [1.82, 2.24) is 5.32 Å². The second kappa shape index (κ2) is 5.95. The molecule has 0 atom stereocenters. The first-order chi connectivity index (χ1) is 9.22. The van der Waals surface area contributed by atoms with E-state index in [0.717, 1.165) is 5.56 Å². The van der Waals surface area contributed by atoms with Crippen molar-refractivity contribution in [2.45, 2.75) is 13.5 Å². The van der Waals surface area contributed by atoms with E-state index in [2.05, 4.69) is 5.32 Å². The summed E-state index contributed by atoms with van der Waals surface area (Å²) in [6.45, 7) is 2.70. The van der Waals surface area contributed by atoms with Crippen molar-refractivity contribution >= 4 is 11.6 Å². The predicted molar refractivity (Wildman–Crippen MR) is 71.9 cm³/mol. The van der Waals surface area contributed by atoms with Crippen LogP contribution in [0.25, 0.3) is 0 Å². The van der Waals surface area contributed by atoms with Crippen LogP contribution in [0.4, 0.5) is 5.69 Å². The summed E-state index contributed by atoms with van der Waals surface area (Å²) in [4.78, 5) is 12.1. The molecule has 1 amide bonds. The maximum Gasteiger partial charge on any atom is 0.255 e. The molecule has 0 fully saturated rings. The third-order valence-corrected chi connectivity index (χ3v) is 2.61. The molecule has 3 N–H and O–H groups in total. The number of nitrogens with one attached hydrogen (secondary N) is 1. The fraction of sp³-hybridized carbons (Fsp3) is 0.214. The second-order valence-corrected chi connectivity index (χ2v) is 3.97. The highest BCUT2D eigenvalue weighted by atomic mass is 16.5. The molecule has 0 bridgehead atoms. The fourth-order valence-electron chi connectivity index (χ4n) is 1.71. The van der Waals surface area contributed by atoms with Crippen molar-refractivity contribution in [2.75, 3.05) is 12.3 Å². The van der Waals surface area contributed by atoms with Crippen LogP contribution in [0.1, 0.15) is 22.8 Å². The van der Waals surface area contributed by atoms with Crippen molar-refractivity contribution in [3.8, 4) is 5.75 Å². The van der Waals surface area contributed by atoms with E-state index in [4.69, 9.17) is 14.9 Å². The van der Waals surface area contributed by atoms with E-state index in [1.54, 1.807) is 36.8 Å². The van der Waals surface area contributed by atoms with E-state index in [1.807, 2.05) is 6.92 Å². The lowest BCUT2D eigenvalue weighted by molar-refractivity contribution is 0.0947. The maximum atomic E-state index is 12.1. The Labute approximate surface area is 111 Å². The number of para-hydroxylation sites is 1. The van der Waals surface area contributed by atoms with Gasteiger partial charge < -0.3 is 20.2 Å². The smallest absolute Gasteiger partial charge is 0.255 e. The molecule has 19 heavy (non-hydrogen) atoms. The quantitative estimate of drug-likeness (QED) is 0.808. The van der Waals surface area contributed by atoms with Crippen LogP contribution in [0, 0.1) is 0 Å². The minimum absolute atomic E-state index is 0.225. The van der Waals surface area contributed by atoms with Gasteiger partial charge in [-0.3, -0.25) is 4.79 Å². The molecule has 5 nitrogen and oxygen atoms in total. The molecule has 0 saturated heterocycles. The first kappa shape index (κ1) is 13.0. The number of benzene rings is 1. The number of ether oxygens (including phenoxy) is 1. The van der Waals surface area contributed by atoms with Gasteiger partial charge in [-0.15, -0.1) is 0 Å². The summed E-state index contributed by atoms with van der Waals surface area (Å²) in [6, 6.07) is 6.91. The van der Waals surface area contributed by atoms with Gasteiger partial charge in [0.15, 0.2) is 5.75 Å². The van der Waals surface area contributed by atoms with E-state index in [-0.39, 0.29) is 5.91 Å². The number of nitrogen functional groups attached to an aromatic ring is 1. The molecule has 2 aromatic rings. The average molecular weight is 260 g/mol. The standard InChI is InChI=1S/C14H16N2O3/c1-2-19-13-11(4-3-5-12(13)15)14(17)16-8-10-6-7-18-9-10/h3-7,9H,2,8,15H2,1H3,(H,16,17). The monoisotopic (exact) mass is 260 g/mol. The number of nitrogens with two attached hydrogens (primary N) is 1. The number of rotatable bonds is 5. The molecule has 100 valence electrons. The summed E-state index contributed by atoms with van der Waals surface area (Å²) in [7, 11) is 0. The highest BCUT2D eigenvalue weighted by molar-refractivity contribution is 5.98. The van der Waals surface area contributed by atoms with Crippen molar-refractivity contribution in [3.05, 3.63) is 47.9 Å². The van der Waals surface area contributed by atoms with Crippen LogP contribution >= 0.6 is 0 Å². The van der Waals surface area contributed by atoms with E-state index < -0.39 is 0 Å². The van der Waals surface area contributed by atoms with Gasteiger partial charge in [0, 0.05) is 12.1 Å². The number of carbonyl (C=O) groups is 1. The molecule has 0 aliphatic heterocycles. The lowest BCUT2D eigenvalue weighted by atomic mass is 10.1. The normalized spacial score (nSPS) is 10.2. The minimum atomic E-state index is -0.225. The maximum absolute atomic E-state index is 12.1. The van der Waals surface area contributed by atoms with Crippen LogP contribution in [-0.4, -0.2) is 12.5 Å². The summed E-state index contributed by atoms with van der Waals surface area (Å²) in [5.74, 6) is 0.201. The Kier molecular flexibility index (Phi) is 4.07. The van der Waals surface area contributed by atoms with Gasteiger partial charge in [0.05, 0.1) is 30.4 Å². The van der Waals surface area contributed by atoms with Crippen LogP contribution in [0.3, 0.4) is 0 Å². The van der Waals surface area contributed by atoms with Gasteiger partial charge in [-0.25, -0.2) is 0 Å². The Morgan fingerprint density at radius 2 is 2.26 bits per heavy atom. The van der Waals surface area contributed by atoms with Crippen molar-refractivity contribution < 1.29 is 13.9 Å². The third-order valence-electron chi connectivity index (χ3n) is 2.61. The number of furan rings is 1. The highest BCUT2D eigenvalue weighted by Gasteiger charge is 2.14. The molecule has 0 aliphatic carbocycles. The van der Waals surface area contributed by atoms with Crippen molar-refractivity contribution in [3.63, 3.8) is 0 Å². The summed E-state index contributed by atoms with van der Waals surface area (Å²) in [5, 5.41) is 2.79. The van der Waals surface area contributed by atoms with Gasteiger partial charge in [-0.1, -0.05) is 6.07 Å². The van der Waals surface area contributed by atoms with E-state index >= 15 is 0 Å². The van der Waals surface area contributed by atoms with E-state index in [1.165, 1.54) is 0 Å². The third kappa shape index (κ3) is 3.07. The topological polar surface area (TPSA) is 77.5 Å². The van der Waals surface area contributed by atoms with Crippen LogP contribution in [-0.2, 0) is 6.54 Å². The molecule has 1 aromatic heterocycles. The van der Waals surface area contributed by atoms with E-state index in [0.29, 0.717) is 30.2 Å². The lowest BCUT2D eigenvalue weighted by Crippen LogP contribution is -2.23. The zero-order valence-electron chi connectivity index (χ0n) is 10.7. The number of amides is 1. The summed E-state index contributed by atoms with van der Waals surface area (Å²) in [5.41, 5.74) is 7.61. The van der Waals surface area contributed by atoms with Crippen LogP contribution in [0.15, 0.2) is 41.2 Å². The Bertz CT molecular complexity index is 550. The van der Waals surface area contributed by atoms with Crippen molar-refractivity contribution in [2.24, 2.45) is 0 Å². The second-order valence-electron chi connectivity index (χ2n) is 3.97. The zero-order valence-corrected chi connectivity index (χ0v) is 10.7. The molecule has 0 spiro atoms. The summed E-state index contributed by atoms with van der Waals surface area (Å²) >= 11 is 0. The van der Waals surface area contributed by atoms with E-state index in [9.17, 15) is 4.79 Å². The lowest BCUT2D eigenvalue weighted by Gasteiger charge is -2.12. The number of hydrogen-bond donors (Lipinski definition) is 2. The van der Waals surface area contributed by atoms with Crippen LogP contribution < -0.4 is 15.8 Å². The molecule has 0 radical (unpaired) electrons. The zero-order chi connectivity index (χ0) is 13.7. The molecule has 0 saturated carbocycles. The summed E-state index contributed by atoms with van der Waals surface area (Å²) in [6.07, 6.45) is 3.15. The predicted octanol–water partition coefficient (Wildman–Crippen LogP) is 2.19. The Hall–Kier alpha value is -2.43. The largest absolute Gasteiger partial charge is 0.491 e. The summed E-state index contributed by atoms with van der Waals surface area (Å²) < 4.78 is 10.4. The average Bonchev–Trinajstić information content (AvgIpc) is 2.92. The van der Waals surface area contributed by atoms with Crippen LogP contribution in [0.5, 0.6) is 5.75 Å². The van der Waals surface area contributed by atoms with Gasteiger partial charge in [0.1, 0.15) is 0 Å². The first-order valence-corrected chi connectivity index (χ1v) is 6.03. The fourth-order valence-corrected chi connectivity index (χ4v) is 1.71. The van der Waals surface area contributed by atoms with Gasteiger partial charge in [0.2, 0.25) is 0 Å². The number of anilines is 1. The molecule has 1 aromatic carbocycles. The van der Waals surface area contributed by atoms with Gasteiger partial charge in [0.25, 0.3) is 5.91 Å². The van der Waals surface area contributed by atoms with Gasteiger partial charge >= 0.3 is 0 Å². The Morgan fingerprint density at radius 1 is 1.42 bits per heavy atom. The number of carbonyl (C=O) groups excluding carboxylic acids is 1. The molecule has 0 unspecified atom stereocenters. The minimum Gasteiger partial charge on any atom is -0.491 e. The molecule has 0 aliphatic rings. The Morgan fingerprint density at radius 3 is 2.95 bits per heavy atom. The molecule has 5 heteroatoms. The van der Waals surface area contributed by atoms with Crippen LogP contribution in [0.2, 0.25) is 0 Å². The van der Waals surface area contributed by atoms with Gasteiger partial charge in [-0.05, 0) is 25.1 Å². The number of hydrogen-bond acceptors (Lipinski definition) is 4. The molecule has 2 rings (SSSR count). The first-order valence-electron chi connectivity index (χ1n) is 6.03. The SMILES string of the molecule is CCOc1c(N)cccc1C(=O)NCc1ccoc1. The Balaban J connectivity index is 2.12. The molecular formula is C14H16N2O3. The molecular weight excluding hydrogens is 244 g/mol. The molecule has 1 heterocycles. The highest BCUT2D eigenvalue weighted by Crippen LogP contribution is 2.26. The van der Waals surface area contributed by atoms with Gasteiger partial charge in [-0.2, -0.15) is 0 Å². The van der Waals surface area contributed by atoms with Crippen molar-refractivity contribution in [1.29, 1.82) is 0 Å².